The van der Waals surface area contributed by atoms with E-state index in [9.17, 15) is 4.79 Å². The Kier molecular flexibility index (Phi) is 4.25. The molecule has 118 valence electrons. The van der Waals surface area contributed by atoms with Crippen LogP contribution in [-0.4, -0.2) is 36.6 Å². The predicted molar refractivity (Wildman–Crippen MR) is 93.1 cm³/mol. The zero-order chi connectivity index (χ0) is 16.4. The number of fused-ring (bicyclic) bond motifs is 1. The molecule has 0 spiro atoms. The molecule has 23 heavy (non-hydrogen) atoms. The minimum absolute atomic E-state index is 0.322. The lowest BCUT2D eigenvalue weighted by molar-refractivity contribution is 0.0526. The van der Waals surface area contributed by atoms with E-state index in [0.29, 0.717) is 23.8 Å². The van der Waals surface area contributed by atoms with Gasteiger partial charge in [-0.2, -0.15) is 0 Å². The summed E-state index contributed by atoms with van der Waals surface area (Å²) in [6.45, 7) is 2.10. The Labute approximate surface area is 138 Å². The van der Waals surface area contributed by atoms with Crippen LogP contribution in [0.4, 0.5) is 5.82 Å². The van der Waals surface area contributed by atoms with Crippen LogP contribution in [0.25, 0.3) is 21.5 Å². The fourth-order valence-electron chi connectivity index (χ4n) is 2.35. The van der Waals surface area contributed by atoms with Crippen LogP contribution in [0.3, 0.4) is 0 Å². The summed E-state index contributed by atoms with van der Waals surface area (Å²) in [4.78, 5) is 22.8. The Balaban J connectivity index is 2.11. The van der Waals surface area contributed by atoms with Crippen molar-refractivity contribution >= 4 is 33.2 Å². The number of hydrogen-bond acceptors (Lipinski definition) is 6. The van der Waals surface area contributed by atoms with Crippen LogP contribution in [0.1, 0.15) is 17.3 Å². The van der Waals surface area contributed by atoms with Gasteiger partial charge < -0.3 is 9.64 Å². The molecule has 0 aliphatic heterocycles. The first kappa shape index (κ1) is 15.4. The Hall–Kier alpha value is -2.47. The van der Waals surface area contributed by atoms with Crippen molar-refractivity contribution in [2.45, 2.75) is 6.92 Å². The average molecular weight is 327 g/mol. The second kappa shape index (κ2) is 6.34. The zero-order valence-electron chi connectivity index (χ0n) is 13.2. The lowest BCUT2D eigenvalue weighted by Gasteiger charge is -2.15. The second-order valence-corrected chi connectivity index (χ2v) is 6.10. The lowest BCUT2D eigenvalue weighted by Crippen LogP contribution is -2.18. The maximum atomic E-state index is 12.1. The third kappa shape index (κ3) is 2.90. The Morgan fingerprint density at radius 2 is 2.09 bits per heavy atom. The number of thiophene rings is 1. The molecule has 1 aromatic carbocycles. The van der Waals surface area contributed by atoms with Gasteiger partial charge in [0, 0.05) is 41.3 Å². The number of hydrogen-bond donors (Lipinski definition) is 0. The summed E-state index contributed by atoms with van der Waals surface area (Å²) >= 11 is 1.66. The van der Waals surface area contributed by atoms with Crippen LogP contribution in [0.15, 0.2) is 35.8 Å². The van der Waals surface area contributed by atoms with Crippen molar-refractivity contribution in [3.8, 4) is 11.4 Å². The van der Waals surface area contributed by atoms with Gasteiger partial charge in [0.2, 0.25) is 0 Å². The molecule has 0 aliphatic carbocycles. The van der Waals surface area contributed by atoms with E-state index in [1.165, 1.54) is 4.70 Å². The molecule has 0 bridgehead atoms. The molecule has 0 aliphatic rings. The molecular weight excluding hydrogens is 310 g/mol. The predicted octanol–water partition coefficient (Wildman–Crippen LogP) is 3.60. The molecule has 3 rings (SSSR count). The summed E-state index contributed by atoms with van der Waals surface area (Å²) in [5, 5.41) is 3.16. The number of aromatic nitrogens is 2. The van der Waals surface area contributed by atoms with E-state index in [1.54, 1.807) is 29.4 Å². The number of ether oxygens (including phenoxy) is 1. The molecule has 0 N–H and O–H groups in total. The van der Waals surface area contributed by atoms with Crippen LogP contribution in [0.2, 0.25) is 0 Å². The Morgan fingerprint density at radius 1 is 1.30 bits per heavy atom. The SMILES string of the molecule is CCOC(=O)c1cnc(-c2csc3ccccc23)nc1N(C)C. The maximum absolute atomic E-state index is 12.1. The van der Waals surface area contributed by atoms with E-state index in [4.69, 9.17) is 4.74 Å². The molecule has 0 saturated carbocycles. The van der Waals surface area contributed by atoms with Crippen LogP contribution < -0.4 is 4.90 Å². The molecule has 3 aromatic rings. The zero-order valence-corrected chi connectivity index (χ0v) is 14.1. The molecule has 0 fully saturated rings. The van der Waals surface area contributed by atoms with E-state index in [2.05, 4.69) is 22.1 Å². The summed E-state index contributed by atoms with van der Waals surface area (Å²) < 4.78 is 6.26. The van der Waals surface area contributed by atoms with E-state index in [0.717, 1.165) is 10.9 Å². The van der Waals surface area contributed by atoms with Crippen molar-refractivity contribution in [1.29, 1.82) is 0 Å². The number of carbonyl (C=O) groups is 1. The first-order valence-electron chi connectivity index (χ1n) is 7.30. The summed E-state index contributed by atoms with van der Waals surface area (Å²) in [6.07, 6.45) is 1.54. The standard InChI is InChI=1S/C17H17N3O2S/c1-4-22-17(21)12-9-18-15(19-16(12)20(2)3)13-10-23-14-8-6-5-7-11(13)14/h5-10H,4H2,1-3H3. The van der Waals surface area contributed by atoms with Gasteiger partial charge in [-0.05, 0) is 13.0 Å². The van der Waals surface area contributed by atoms with Gasteiger partial charge in [0.05, 0.1) is 6.61 Å². The van der Waals surface area contributed by atoms with Crippen LogP contribution >= 0.6 is 11.3 Å². The molecule has 2 heterocycles. The smallest absolute Gasteiger partial charge is 0.343 e. The molecular formula is C17H17N3O2S. The second-order valence-electron chi connectivity index (χ2n) is 5.19. The van der Waals surface area contributed by atoms with E-state index >= 15 is 0 Å². The van der Waals surface area contributed by atoms with Gasteiger partial charge in [-0.25, -0.2) is 14.8 Å². The highest BCUT2D eigenvalue weighted by Crippen LogP contribution is 2.33. The molecule has 0 unspecified atom stereocenters. The fraction of sp³-hybridized carbons (Fsp3) is 0.235. The van der Waals surface area contributed by atoms with Crippen LogP contribution in [-0.2, 0) is 4.74 Å². The van der Waals surface area contributed by atoms with Gasteiger partial charge in [-0.15, -0.1) is 11.3 Å². The van der Waals surface area contributed by atoms with Crippen molar-refractivity contribution in [2.75, 3.05) is 25.6 Å². The Bertz CT molecular complexity index is 858. The van der Waals surface area contributed by atoms with Gasteiger partial charge >= 0.3 is 5.97 Å². The molecule has 0 saturated heterocycles. The normalized spacial score (nSPS) is 10.7. The third-order valence-corrected chi connectivity index (χ3v) is 4.37. The van der Waals surface area contributed by atoms with Crippen molar-refractivity contribution < 1.29 is 9.53 Å². The van der Waals surface area contributed by atoms with Gasteiger partial charge in [-0.1, -0.05) is 18.2 Å². The highest BCUT2D eigenvalue weighted by atomic mass is 32.1. The Morgan fingerprint density at radius 3 is 2.83 bits per heavy atom. The molecule has 0 atom stereocenters. The van der Waals surface area contributed by atoms with Crippen LogP contribution in [0, 0.1) is 0 Å². The number of rotatable bonds is 4. The van der Waals surface area contributed by atoms with Crippen molar-refractivity contribution in [1.82, 2.24) is 9.97 Å². The average Bonchev–Trinajstić information content (AvgIpc) is 2.98. The lowest BCUT2D eigenvalue weighted by atomic mass is 10.1. The summed E-state index contributed by atoms with van der Waals surface area (Å²) in [7, 11) is 3.70. The molecule has 5 nitrogen and oxygen atoms in total. The van der Waals surface area contributed by atoms with Crippen molar-refractivity contribution in [3.63, 3.8) is 0 Å². The van der Waals surface area contributed by atoms with Crippen molar-refractivity contribution in [3.05, 3.63) is 41.4 Å². The van der Waals surface area contributed by atoms with E-state index < -0.39 is 5.97 Å². The number of esters is 1. The highest BCUT2D eigenvalue weighted by Gasteiger charge is 2.19. The number of nitrogens with zero attached hydrogens (tertiary/aromatic N) is 3. The fourth-order valence-corrected chi connectivity index (χ4v) is 3.29. The summed E-state index contributed by atoms with van der Waals surface area (Å²) in [5.41, 5.74) is 1.35. The maximum Gasteiger partial charge on any atom is 0.343 e. The van der Waals surface area contributed by atoms with E-state index in [-0.39, 0.29) is 0 Å². The molecule has 0 amide bonds. The first-order valence-corrected chi connectivity index (χ1v) is 8.18. The van der Waals surface area contributed by atoms with Crippen LogP contribution in [0.5, 0.6) is 0 Å². The van der Waals surface area contributed by atoms with Gasteiger partial charge in [0.1, 0.15) is 11.4 Å². The van der Waals surface area contributed by atoms with Crippen molar-refractivity contribution in [2.24, 2.45) is 0 Å². The summed E-state index contributed by atoms with van der Waals surface area (Å²) in [5.74, 6) is 0.765. The van der Waals surface area contributed by atoms with Gasteiger partial charge in [0.15, 0.2) is 5.82 Å². The molecule has 6 heteroatoms. The minimum Gasteiger partial charge on any atom is -0.462 e. The third-order valence-electron chi connectivity index (χ3n) is 3.41. The first-order chi connectivity index (χ1) is 11.1. The van der Waals surface area contributed by atoms with E-state index in [1.807, 2.05) is 31.6 Å². The monoisotopic (exact) mass is 327 g/mol. The number of carbonyl (C=O) groups excluding carboxylic acids is 1. The highest BCUT2D eigenvalue weighted by molar-refractivity contribution is 7.17. The van der Waals surface area contributed by atoms with Gasteiger partial charge in [0.25, 0.3) is 0 Å². The number of anilines is 1. The summed E-state index contributed by atoms with van der Waals surface area (Å²) in [6, 6.07) is 8.14. The largest absolute Gasteiger partial charge is 0.462 e. The molecule has 0 radical (unpaired) electrons. The number of benzene rings is 1. The minimum atomic E-state index is -0.405. The molecule has 2 aromatic heterocycles. The quantitative estimate of drug-likeness (QED) is 0.685. The topological polar surface area (TPSA) is 55.3 Å². The van der Waals surface area contributed by atoms with Gasteiger partial charge in [-0.3, -0.25) is 0 Å².